The standard InChI is InChI=1S/C14H19N3O2S2/c1-9-7-12(16-15)8-10(2)14(9)21(18,19)17-11(3)13-5-4-6-20-13/h4-8,11,16-17H,15H2,1-3H3. The number of rotatable bonds is 5. The van der Waals surface area contributed by atoms with Gasteiger partial charge in [-0.25, -0.2) is 13.1 Å². The molecule has 0 saturated heterocycles. The average Bonchev–Trinajstić information content (AvgIpc) is 2.90. The summed E-state index contributed by atoms with van der Waals surface area (Å²) in [4.78, 5) is 1.29. The van der Waals surface area contributed by atoms with Crippen molar-refractivity contribution in [3.05, 3.63) is 45.6 Å². The molecule has 0 aliphatic carbocycles. The number of aryl methyl sites for hydroxylation is 2. The zero-order chi connectivity index (χ0) is 15.6. The van der Waals surface area contributed by atoms with Crippen molar-refractivity contribution in [1.82, 2.24) is 4.72 Å². The van der Waals surface area contributed by atoms with E-state index in [0.29, 0.717) is 21.7 Å². The van der Waals surface area contributed by atoms with Crippen LogP contribution in [0.1, 0.15) is 29.0 Å². The molecular weight excluding hydrogens is 306 g/mol. The van der Waals surface area contributed by atoms with Gasteiger partial charge in [0.2, 0.25) is 10.0 Å². The molecule has 0 fully saturated rings. The van der Waals surface area contributed by atoms with Crippen LogP contribution in [0, 0.1) is 13.8 Å². The predicted octanol–water partition coefficient (Wildman–Crippen LogP) is 2.69. The third-order valence-electron chi connectivity index (χ3n) is 3.20. The van der Waals surface area contributed by atoms with Crippen molar-refractivity contribution in [2.45, 2.75) is 31.7 Å². The number of sulfonamides is 1. The number of hydrogen-bond acceptors (Lipinski definition) is 5. The molecule has 7 heteroatoms. The molecule has 0 spiro atoms. The van der Waals surface area contributed by atoms with Crippen LogP contribution < -0.4 is 16.0 Å². The van der Waals surface area contributed by atoms with E-state index in [2.05, 4.69) is 10.1 Å². The molecule has 1 heterocycles. The minimum absolute atomic E-state index is 0.263. The molecule has 0 bridgehead atoms. The fourth-order valence-corrected chi connectivity index (χ4v) is 4.83. The molecule has 1 aromatic heterocycles. The molecule has 1 unspecified atom stereocenters. The highest BCUT2D eigenvalue weighted by molar-refractivity contribution is 7.89. The second-order valence-electron chi connectivity index (χ2n) is 4.94. The molecule has 4 N–H and O–H groups in total. The van der Waals surface area contributed by atoms with E-state index in [9.17, 15) is 8.42 Å². The van der Waals surface area contributed by atoms with E-state index in [1.54, 1.807) is 26.0 Å². The summed E-state index contributed by atoms with van der Waals surface area (Å²) in [5.41, 5.74) is 4.55. The summed E-state index contributed by atoms with van der Waals surface area (Å²) in [6.07, 6.45) is 0. The first-order valence-electron chi connectivity index (χ1n) is 6.48. The number of nitrogens with two attached hydrogens (primary N) is 1. The number of hydrazine groups is 1. The lowest BCUT2D eigenvalue weighted by atomic mass is 10.1. The highest BCUT2D eigenvalue weighted by atomic mass is 32.2. The molecule has 21 heavy (non-hydrogen) atoms. The summed E-state index contributed by atoms with van der Waals surface area (Å²) in [6.45, 7) is 5.36. The zero-order valence-electron chi connectivity index (χ0n) is 12.2. The molecular formula is C14H19N3O2S2. The van der Waals surface area contributed by atoms with Crippen molar-refractivity contribution in [2.24, 2.45) is 5.84 Å². The van der Waals surface area contributed by atoms with Crippen molar-refractivity contribution < 1.29 is 8.42 Å². The number of nitrogens with one attached hydrogen (secondary N) is 2. The summed E-state index contributed by atoms with van der Waals surface area (Å²) in [6, 6.07) is 7.00. The molecule has 2 rings (SSSR count). The maximum Gasteiger partial charge on any atom is 0.241 e. The molecule has 114 valence electrons. The summed E-state index contributed by atoms with van der Waals surface area (Å²) < 4.78 is 28.0. The van der Waals surface area contributed by atoms with Crippen LogP contribution in [0.2, 0.25) is 0 Å². The van der Waals surface area contributed by atoms with Crippen LogP contribution in [0.3, 0.4) is 0 Å². The summed E-state index contributed by atoms with van der Waals surface area (Å²) >= 11 is 1.53. The molecule has 1 atom stereocenters. The molecule has 0 radical (unpaired) electrons. The molecule has 1 aromatic carbocycles. The largest absolute Gasteiger partial charge is 0.324 e. The molecule has 0 saturated carbocycles. The zero-order valence-corrected chi connectivity index (χ0v) is 13.8. The Morgan fingerprint density at radius 2 is 1.86 bits per heavy atom. The second kappa shape index (κ2) is 6.15. The molecule has 0 aliphatic heterocycles. The average molecular weight is 325 g/mol. The van der Waals surface area contributed by atoms with Crippen LogP contribution in [-0.2, 0) is 10.0 Å². The third kappa shape index (κ3) is 3.44. The van der Waals surface area contributed by atoms with Gasteiger partial charge < -0.3 is 5.43 Å². The fraction of sp³-hybridized carbons (Fsp3) is 0.286. The van der Waals surface area contributed by atoms with E-state index in [-0.39, 0.29) is 6.04 Å². The van der Waals surface area contributed by atoms with E-state index >= 15 is 0 Å². The molecule has 0 amide bonds. The number of anilines is 1. The van der Waals surface area contributed by atoms with Crippen LogP contribution in [-0.4, -0.2) is 8.42 Å². The Balaban J connectivity index is 2.36. The van der Waals surface area contributed by atoms with Gasteiger partial charge in [0, 0.05) is 10.6 Å². The smallest absolute Gasteiger partial charge is 0.241 e. The minimum Gasteiger partial charge on any atom is -0.324 e. The Kier molecular flexibility index (Phi) is 4.67. The highest BCUT2D eigenvalue weighted by Crippen LogP contribution is 2.26. The first-order chi connectivity index (χ1) is 9.85. The first kappa shape index (κ1) is 16.0. The van der Waals surface area contributed by atoms with Gasteiger partial charge >= 0.3 is 0 Å². The quantitative estimate of drug-likeness (QED) is 0.583. The highest BCUT2D eigenvalue weighted by Gasteiger charge is 2.23. The van der Waals surface area contributed by atoms with Crippen LogP contribution in [0.4, 0.5) is 5.69 Å². The number of benzene rings is 1. The van der Waals surface area contributed by atoms with Gasteiger partial charge in [-0.3, -0.25) is 5.84 Å². The van der Waals surface area contributed by atoms with Crippen molar-refractivity contribution in [3.63, 3.8) is 0 Å². The second-order valence-corrected chi connectivity index (χ2v) is 7.57. The Labute approximate surface area is 129 Å². The van der Waals surface area contributed by atoms with Gasteiger partial charge in [-0.05, 0) is 55.5 Å². The van der Waals surface area contributed by atoms with Gasteiger partial charge in [-0.15, -0.1) is 11.3 Å². The van der Waals surface area contributed by atoms with Gasteiger partial charge in [0.05, 0.1) is 10.9 Å². The SMILES string of the molecule is Cc1cc(NN)cc(C)c1S(=O)(=O)NC(C)c1cccs1. The minimum atomic E-state index is -3.58. The van der Waals surface area contributed by atoms with Crippen molar-refractivity contribution in [3.8, 4) is 0 Å². The number of thiophene rings is 1. The monoisotopic (exact) mass is 325 g/mol. The van der Waals surface area contributed by atoms with Gasteiger partial charge in [-0.2, -0.15) is 0 Å². The maximum absolute atomic E-state index is 12.6. The summed E-state index contributed by atoms with van der Waals surface area (Å²) in [5, 5.41) is 1.93. The van der Waals surface area contributed by atoms with Gasteiger partial charge in [-0.1, -0.05) is 6.07 Å². The van der Waals surface area contributed by atoms with Crippen LogP contribution in [0.15, 0.2) is 34.5 Å². The van der Waals surface area contributed by atoms with Crippen molar-refractivity contribution in [1.29, 1.82) is 0 Å². The van der Waals surface area contributed by atoms with Crippen LogP contribution in [0.5, 0.6) is 0 Å². The van der Waals surface area contributed by atoms with Crippen LogP contribution >= 0.6 is 11.3 Å². The third-order valence-corrected chi connectivity index (χ3v) is 6.10. The van der Waals surface area contributed by atoms with E-state index in [1.807, 2.05) is 24.4 Å². The van der Waals surface area contributed by atoms with E-state index in [1.165, 1.54) is 11.3 Å². The van der Waals surface area contributed by atoms with Crippen molar-refractivity contribution >= 4 is 27.0 Å². The van der Waals surface area contributed by atoms with E-state index in [0.717, 1.165) is 4.88 Å². The Morgan fingerprint density at radius 3 is 2.33 bits per heavy atom. The van der Waals surface area contributed by atoms with Crippen LogP contribution in [0.25, 0.3) is 0 Å². The topological polar surface area (TPSA) is 84.2 Å². The maximum atomic E-state index is 12.6. The fourth-order valence-electron chi connectivity index (χ4n) is 2.34. The van der Waals surface area contributed by atoms with E-state index < -0.39 is 10.0 Å². The van der Waals surface area contributed by atoms with Gasteiger partial charge in [0.1, 0.15) is 0 Å². The lowest BCUT2D eigenvalue weighted by molar-refractivity contribution is 0.567. The summed E-state index contributed by atoms with van der Waals surface area (Å²) in [7, 11) is -3.58. The van der Waals surface area contributed by atoms with Gasteiger partial charge in [0.25, 0.3) is 0 Å². The Hall–Kier alpha value is -1.41. The normalized spacial score (nSPS) is 13.1. The molecule has 2 aromatic rings. The Bertz CT molecular complexity index is 702. The van der Waals surface area contributed by atoms with Gasteiger partial charge in [0.15, 0.2) is 0 Å². The number of hydrogen-bond donors (Lipinski definition) is 3. The van der Waals surface area contributed by atoms with E-state index in [4.69, 9.17) is 5.84 Å². The lowest BCUT2D eigenvalue weighted by Crippen LogP contribution is -2.27. The lowest BCUT2D eigenvalue weighted by Gasteiger charge is -2.17. The number of nitrogen functional groups attached to an aromatic ring is 1. The summed E-state index contributed by atoms with van der Waals surface area (Å²) in [5.74, 6) is 5.38. The predicted molar refractivity (Wildman–Crippen MR) is 86.8 cm³/mol. The first-order valence-corrected chi connectivity index (χ1v) is 8.85. The molecule has 5 nitrogen and oxygen atoms in total. The molecule has 0 aliphatic rings. The Morgan fingerprint density at radius 1 is 1.24 bits per heavy atom. The van der Waals surface area contributed by atoms with Crippen molar-refractivity contribution in [2.75, 3.05) is 5.43 Å².